The lowest BCUT2D eigenvalue weighted by Crippen LogP contribution is -2.55. The van der Waals surface area contributed by atoms with Crippen LogP contribution in [0.15, 0.2) is 4.99 Å². The molecule has 2 N–H and O–H groups in total. The van der Waals surface area contributed by atoms with Crippen molar-refractivity contribution in [3.63, 3.8) is 0 Å². The van der Waals surface area contributed by atoms with E-state index >= 15 is 0 Å². The summed E-state index contributed by atoms with van der Waals surface area (Å²) in [5.41, 5.74) is 0. The van der Waals surface area contributed by atoms with Crippen LogP contribution in [0.2, 0.25) is 0 Å². The number of hydrogen-bond donors (Lipinski definition) is 2. The maximum absolute atomic E-state index is 5.57. The fraction of sp³-hybridized carbons (Fsp3) is 0.955. The highest BCUT2D eigenvalue weighted by Gasteiger charge is 2.27. The minimum absolute atomic E-state index is 0.515. The van der Waals surface area contributed by atoms with Gasteiger partial charge in [-0.05, 0) is 19.4 Å². The summed E-state index contributed by atoms with van der Waals surface area (Å²) in [5, 5.41) is 7.19. The molecule has 2 fully saturated rings. The van der Waals surface area contributed by atoms with E-state index in [1.807, 2.05) is 7.05 Å². The number of rotatable bonds is 10. The molecule has 2 aliphatic heterocycles. The molecule has 0 amide bonds. The van der Waals surface area contributed by atoms with Gasteiger partial charge < -0.3 is 20.3 Å². The molecule has 7 heteroatoms. The number of morpholine rings is 1. The van der Waals surface area contributed by atoms with E-state index in [4.69, 9.17) is 4.74 Å². The molecule has 0 saturated carbocycles. The van der Waals surface area contributed by atoms with Crippen LogP contribution in [0.4, 0.5) is 0 Å². The molecular formula is C22H46N6O. The summed E-state index contributed by atoms with van der Waals surface area (Å²) in [7, 11) is 1.88. The molecule has 29 heavy (non-hydrogen) atoms. The molecule has 0 spiro atoms. The highest BCUT2D eigenvalue weighted by atomic mass is 16.5. The van der Waals surface area contributed by atoms with E-state index in [2.05, 4.69) is 58.0 Å². The smallest absolute Gasteiger partial charge is 0.191 e. The van der Waals surface area contributed by atoms with Gasteiger partial charge in [0.25, 0.3) is 0 Å². The largest absolute Gasteiger partial charge is 0.379 e. The quantitative estimate of drug-likeness (QED) is 0.418. The molecule has 2 aliphatic rings. The Morgan fingerprint density at radius 1 is 0.897 bits per heavy atom. The van der Waals surface area contributed by atoms with Crippen LogP contribution >= 0.6 is 0 Å². The molecule has 2 rings (SSSR count). The third-order valence-electron chi connectivity index (χ3n) is 6.85. The Balaban J connectivity index is 1.81. The highest BCUT2D eigenvalue weighted by molar-refractivity contribution is 5.79. The number of hydrogen-bond acceptors (Lipinski definition) is 5. The third-order valence-corrected chi connectivity index (χ3v) is 6.85. The van der Waals surface area contributed by atoms with Crippen molar-refractivity contribution in [1.29, 1.82) is 0 Å². The zero-order chi connectivity index (χ0) is 21.1. The molecule has 0 aromatic heterocycles. The lowest BCUT2D eigenvalue weighted by molar-refractivity contribution is 0.00271. The summed E-state index contributed by atoms with van der Waals surface area (Å²) in [4.78, 5) is 12.2. The fourth-order valence-corrected chi connectivity index (χ4v) is 4.65. The van der Waals surface area contributed by atoms with Gasteiger partial charge in [0, 0.05) is 71.5 Å². The van der Waals surface area contributed by atoms with E-state index in [9.17, 15) is 0 Å². The SMILES string of the molecule is CCC(CC)C(CNC(=NC)NCC(C)N1CCN(CC)CC1)N1CCOCC1. The van der Waals surface area contributed by atoms with Crippen molar-refractivity contribution in [2.45, 2.75) is 52.6 Å². The average Bonchev–Trinajstić information content (AvgIpc) is 2.78. The first-order valence-electron chi connectivity index (χ1n) is 11.9. The van der Waals surface area contributed by atoms with Crippen LogP contribution in [0.5, 0.6) is 0 Å². The minimum Gasteiger partial charge on any atom is -0.379 e. The minimum atomic E-state index is 0.515. The molecule has 0 bridgehead atoms. The maximum Gasteiger partial charge on any atom is 0.191 e. The van der Waals surface area contributed by atoms with Gasteiger partial charge in [-0.25, -0.2) is 0 Å². The van der Waals surface area contributed by atoms with E-state index in [0.717, 1.165) is 65.0 Å². The second-order valence-corrected chi connectivity index (χ2v) is 8.45. The molecular weight excluding hydrogens is 364 g/mol. The standard InChI is InChI=1S/C22H46N6O/c1-6-20(7-2)21(28-13-15-29-16-14-28)18-25-22(23-5)24-17-19(4)27-11-9-26(8-3)10-12-27/h19-21H,6-18H2,1-5H3,(H2,23,24,25). The van der Waals surface area contributed by atoms with Crippen LogP contribution in [0.1, 0.15) is 40.5 Å². The Kier molecular flexibility index (Phi) is 11.3. The van der Waals surface area contributed by atoms with Crippen molar-refractivity contribution in [3.8, 4) is 0 Å². The van der Waals surface area contributed by atoms with Crippen LogP contribution in [0, 0.1) is 5.92 Å². The fourth-order valence-electron chi connectivity index (χ4n) is 4.65. The second kappa shape index (κ2) is 13.4. The van der Waals surface area contributed by atoms with Gasteiger partial charge in [-0.1, -0.05) is 33.6 Å². The number of ether oxygens (including phenoxy) is 1. The van der Waals surface area contributed by atoms with Gasteiger partial charge in [0.15, 0.2) is 5.96 Å². The molecule has 2 saturated heterocycles. The Bertz CT molecular complexity index is 456. The van der Waals surface area contributed by atoms with Gasteiger partial charge in [0.1, 0.15) is 0 Å². The van der Waals surface area contributed by atoms with Crippen molar-refractivity contribution in [3.05, 3.63) is 0 Å². The van der Waals surface area contributed by atoms with Gasteiger partial charge in [0.05, 0.1) is 13.2 Å². The first-order valence-corrected chi connectivity index (χ1v) is 11.9. The summed E-state index contributed by atoms with van der Waals surface area (Å²) in [6.45, 7) is 20.7. The molecule has 0 aromatic carbocycles. The molecule has 2 unspecified atom stereocenters. The first-order chi connectivity index (χ1) is 14.1. The maximum atomic E-state index is 5.57. The van der Waals surface area contributed by atoms with Crippen molar-refractivity contribution < 1.29 is 4.74 Å². The van der Waals surface area contributed by atoms with Gasteiger partial charge >= 0.3 is 0 Å². The van der Waals surface area contributed by atoms with E-state index in [1.54, 1.807) is 0 Å². The summed E-state index contributed by atoms with van der Waals surface area (Å²) in [6.07, 6.45) is 2.43. The monoisotopic (exact) mass is 410 g/mol. The molecule has 2 atom stereocenters. The van der Waals surface area contributed by atoms with Gasteiger partial charge in [-0.2, -0.15) is 0 Å². The van der Waals surface area contributed by atoms with Gasteiger partial charge in [-0.3, -0.25) is 14.8 Å². The molecule has 0 aromatic rings. The highest BCUT2D eigenvalue weighted by Crippen LogP contribution is 2.19. The topological polar surface area (TPSA) is 55.4 Å². The summed E-state index contributed by atoms with van der Waals surface area (Å²) < 4.78 is 5.57. The first kappa shape index (κ1) is 24.4. The van der Waals surface area contributed by atoms with E-state index in [0.29, 0.717) is 18.0 Å². The van der Waals surface area contributed by atoms with Gasteiger partial charge in [-0.15, -0.1) is 0 Å². The number of nitrogens with zero attached hydrogens (tertiary/aromatic N) is 4. The van der Waals surface area contributed by atoms with Crippen molar-refractivity contribution >= 4 is 5.96 Å². The molecule has 0 aliphatic carbocycles. The predicted octanol–water partition coefficient (Wildman–Crippen LogP) is 1.31. The number of aliphatic imine (C=N–C) groups is 1. The van der Waals surface area contributed by atoms with Crippen LogP contribution in [-0.2, 0) is 4.74 Å². The van der Waals surface area contributed by atoms with Crippen molar-refractivity contribution in [1.82, 2.24) is 25.3 Å². The van der Waals surface area contributed by atoms with Crippen LogP contribution in [0.3, 0.4) is 0 Å². The zero-order valence-electron chi connectivity index (χ0n) is 19.6. The van der Waals surface area contributed by atoms with E-state index in [-0.39, 0.29) is 0 Å². The van der Waals surface area contributed by atoms with Crippen LogP contribution < -0.4 is 10.6 Å². The summed E-state index contributed by atoms with van der Waals surface area (Å²) in [6, 6.07) is 1.05. The molecule has 170 valence electrons. The Hall–Kier alpha value is -0.890. The van der Waals surface area contributed by atoms with Crippen LogP contribution in [0.25, 0.3) is 0 Å². The molecule has 2 heterocycles. The lowest BCUT2D eigenvalue weighted by atomic mass is 9.92. The normalized spacial score (nSPS) is 22.6. The Labute approximate surface area is 179 Å². The lowest BCUT2D eigenvalue weighted by Gasteiger charge is -2.39. The van der Waals surface area contributed by atoms with Crippen molar-refractivity contribution in [2.24, 2.45) is 10.9 Å². The van der Waals surface area contributed by atoms with Gasteiger partial charge in [0.2, 0.25) is 0 Å². The molecule has 0 radical (unpaired) electrons. The summed E-state index contributed by atoms with van der Waals surface area (Å²) >= 11 is 0. The number of nitrogens with one attached hydrogen (secondary N) is 2. The third kappa shape index (κ3) is 7.70. The molecule has 7 nitrogen and oxygen atoms in total. The number of piperazine rings is 1. The van der Waals surface area contributed by atoms with Crippen LogP contribution in [-0.4, -0.2) is 112 Å². The van der Waals surface area contributed by atoms with Crippen molar-refractivity contribution in [2.75, 3.05) is 79.2 Å². The second-order valence-electron chi connectivity index (χ2n) is 8.45. The predicted molar refractivity (Wildman–Crippen MR) is 123 cm³/mol. The average molecular weight is 411 g/mol. The Morgan fingerprint density at radius 3 is 2.07 bits per heavy atom. The number of guanidine groups is 1. The zero-order valence-corrected chi connectivity index (χ0v) is 19.6. The van der Waals surface area contributed by atoms with E-state index < -0.39 is 0 Å². The number of likely N-dealkylation sites (N-methyl/N-ethyl adjacent to an activating group) is 1. The summed E-state index contributed by atoms with van der Waals surface area (Å²) in [5.74, 6) is 1.63. The Morgan fingerprint density at radius 2 is 1.52 bits per heavy atom. The van der Waals surface area contributed by atoms with E-state index in [1.165, 1.54) is 25.9 Å².